The van der Waals surface area contributed by atoms with Gasteiger partial charge in [-0.05, 0) is 51.9 Å². The molecule has 1 saturated heterocycles. The molecule has 1 amide bonds. The molecule has 0 N–H and O–H groups in total. The topological polar surface area (TPSA) is 55.8 Å². The van der Waals surface area contributed by atoms with E-state index < -0.39 is 11.7 Å². The summed E-state index contributed by atoms with van der Waals surface area (Å²) >= 11 is 0. The number of rotatable bonds is 5. The van der Waals surface area contributed by atoms with E-state index in [0.29, 0.717) is 32.0 Å². The van der Waals surface area contributed by atoms with Crippen molar-refractivity contribution in [3.05, 3.63) is 0 Å². The lowest BCUT2D eigenvalue weighted by atomic mass is 9.97. The van der Waals surface area contributed by atoms with Gasteiger partial charge in [0.25, 0.3) is 0 Å². The minimum atomic E-state index is -0.519. The van der Waals surface area contributed by atoms with Crippen LogP contribution in [0.1, 0.15) is 53.4 Å². The highest BCUT2D eigenvalue weighted by molar-refractivity contribution is 5.84. The van der Waals surface area contributed by atoms with Gasteiger partial charge in [-0.25, -0.2) is 4.79 Å². The van der Waals surface area contributed by atoms with Gasteiger partial charge in [-0.2, -0.15) is 0 Å². The van der Waals surface area contributed by atoms with Crippen molar-refractivity contribution in [3.63, 3.8) is 0 Å². The highest BCUT2D eigenvalue weighted by Gasteiger charge is 2.33. The SMILES string of the molecule is CC(CCC(=O)[C@H]1CN(C(=O)OC(C)(C)C)CCO1)C1CC1. The first-order chi connectivity index (χ1) is 10.3. The Bertz CT molecular complexity index is 411. The molecule has 0 aromatic rings. The Balaban J connectivity index is 1.78. The summed E-state index contributed by atoms with van der Waals surface area (Å²) in [4.78, 5) is 26.0. The zero-order valence-corrected chi connectivity index (χ0v) is 14.3. The maximum absolute atomic E-state index is 12.3. The van der Waals surface area contributed by atoms with Crippen LogP contribution < -0.4 is 0 Å². The van der Waals surface area contributed by atoms with Gasteiger partial charge in [-0.1, -0.05) is 6.92 Å². The Morgan fingerprint density at radius 1 is 1.32 bits per heavy atom. The van der Waals surface area contributed by atoms with Crippen LogP contribution in [0, 0.1) is 11.8 Å². The molecule has 126 valence electrons. The normalized spacial score (nSPS) is 24.0. The van der Waals surface area contributed by atoms with Crippen LogP contribution in [-0.2, 0) is 14.3 Å². The summed E-state index contributed by atoms with van der Waals surface area (Å²) in [6.45, 7) is 8.93. The molecule has 1 aliphatic carbocycles. The van der Waals surface area contributed by atoms with E-state index in [1.54, 1.807) is 4.90 Å². The van der Waals surface area contributed by atoms with Crippen LogP contribution >= 0.6 is 0 Å². The van der Waals surface area contributed by atoms with Gasteiger partial charge in [0.2, 0.25) is 0 Å². The lowest BCUT2D eigenvalue weighted by Crippen LogP contribution is -2.50. The van der Waals surface area contributed by atoms with Gasteiger partial charge in [0.15, 0.2) is 5.78 Å². The average molecular weight is 311 g/mol. The first-order valence-electron chi connectivity index (χ1n) is 8.38. The minimum absolute atomic E-state index is 0.112. The number of hydrogen-bond donors (Lipinski definition) is 0. The van der Waals surface area contributed by atoms with Crippen molar-refractivity contribution in [2.75, 3.05) is 19.7 Å². The zero-order chi connectivity index (χ0) is 16.3. The predicted octanol–water partition coefficient (Wildman–Crippen LogP) is 3.02. The van der Waals surface area contributed by atoms with Crippen LogP contribution in [0.5, 0.6) is 0 Å². The number of carbonyl (C=O) groups excluding carboxylic acids is 2. The molecule has 1 saturated carbocycles. The molecule has 0 aromatic carbocycles. The third-order valence-electron chi connectivity index (χ3n) is 4.35. The lowest BCUT2D eigenvalue weighted by Gasteiger charge is -2.33. The molecule has 0 spiro atoms. The van der Waals surface area contributed by atoms with E-state index >= 15 is 0 Å². The number of morpholine rings is 1. The van der Waals surface area contributed by atoms with Crippen LogP contribution in [0.25, 0.3) is 0 Å². The minimum Gasteiger partial charge on any atom is -0.444 e. The summed E-state index contributed by atoms with van der Waals surface area (Å²) in [7, 11) is 0. The third-order valence-corrected chi connectivity index (χ3v) is 4.35. The van der Waals surface area contributed by atoms with Gasteiger partial charge in [0, 0.05) is 13.0 Å². The molecule has 1 unspecified atom stereocenters. The lowest BCUT2D eigenvalue weighted by molar-refractivity contribution is -0.136. The van der Waals surface area contributed by atoms with Crippen molar-refractivity contribution in [3.8, 4) is 0 Å². The van der Waals surface area contributed by atoms with Crippen molar-refractivity contribution < 1.29 is 19.1 Å². The third kappa shape index (κ3) is 5.27. The standard InChI is InChI=1S/C17H29NO4/c1-12(13-6-7-13)5-8-14(19)15-11-18(9-10-21-15)16(20)22-17(2,3)4/h12-13,15H,5-11H2,1-4H3/t12?,15-/m1/s1. The van der Waals surface area contributed by atoms with Crippen molar-refractivity contribution in [1.82, 2.24) is 4.90 Å². The zero-order valence-electron chi connectivity index (χ0n) is 14.3. The maximum atomic E-state index is 12.3. The van der Waals surface area contributed by atoms with Crippen molar-refractivity contribution in [2.24, 2.45) is 11.8 Å². The molecule has 5 heteroatoms. The molecule has 2 fully saturated rings. The first-order valence-corrected chi connectivity index (χ1v) is 8.38. The van der Waals surface area contributed by atoms with E-state index in [4.69, 9.17) is 9.47 Å². The smallest absolute Gasteiger partial charge is 0.410 e. The van der Waals surface area contributed by atoms with Crippen molar-refractivity contribution in [1.29, 1.82) is 0 Å². The van der Waals surface area contributed by atoms with E-state index in [1.165, 1.54) is 12.8 Å². The Morgan fingerprint density at radius 2 is 2.00 bits per heavy atom. The number of ether oxygens (including phenoxy) is 2. The molecular weight excluding hydrogens is 282 g/mol. The Kier molecular flexibility index (Phi) is 5.48. The molecule has 0 radical (unpaired) electrons. The molecule has 0 aromatic heterocycles. The van der Waals surface area contributed by atoms with Gasteiger partial charge >= 0.3 is 6.09 Å². The molecule has 2 rings (SSSR count). The van der Waals surface area contributed by atoms with Gasteiger partial charge < -0.3 is 14.4 Å². The van der Waals surface area contributed by atoms with E-state index in [-0.39, 0.29) is 11.9 Å². The Morgan fingerprint density at radius 3 is 2.59 bits per heavy atom. The largest absolute Gasteiger partial charge is 0.444 e. The summed E-state index contributed by atoms with van der Waals surface area (Å²) < 4.78 is 10.9. The van der Waals surface area contributed by atoms with Crippen LogP contribution in [0.3, 0.4) is 0 Å². The second-order valence-corrected chi connectivity index (χ2v) is 7.61. The fourth-order valence-corrected chi connectivity index (χ4v) is 2.77. The molecule has 0 bridgehead atoms. The van der Waals surface area contributed by atoms with Crippen molar-refractivity contribution >= 4 is 11.9 Å². The Labute approximate surface area is 133 Å². The van der Waals surface area contributed by atoms with E-state index in [9.17, 15) is 9.59 Å². The molecule has 5 nitrogen and oxygen atoms in total. The number of carbonyl (C=O) groups is 2. The van der Waals surface area contributed by atoms with Crippen LogP contribution in [-0.4, -0.2) is 48.2 Å². The molecule has 2 aliphatic rings. The van der Waals surface area contributed by atoms with Crippen LogP contribution in [0.4, 0.5) is 4.79 Å². The number of amides is 1. The first kappa shape index (κ1) is 17.3. The van der Waals surface area contributed by atoms with Gasteiger partial charge in [0.1, 0.15) is 11.7 Å². The van der Waals surface area contributed by atoms with Gasteiger partial charge in [0.05, 0.1) is 13.2 Å². The van der Waals surface area contributed by atoms with E-state index in [0.717, 1.165) is 12.3 Å². The molecule has 22 heavy (non-hydrogen) atoms. The molecule has 1 heterocycles. The molecular formula is C17H29NO4. The van der Waals surface area contributed by atoms with Crippen LogP contribution in [0.15, 0.2) is 0 Å². The number of Topliss-reactive ketones (excluding diaryl/α,β-unsaturated/α-hetero) is 1. The van der Waals surface area contributed by atoms with Crippen LogP contribution in [0.2, 0.25) is 0 Å². The second kappa shape index (κ2) is 6.99. The summed E-state index contributed by atoms with van der Waals surface area (Å²) in [5.41, 5.74) is -0.519. The molecule has 2 atom stereocenters. The van der Waals surface area contributed by atoms with E-state index in [2.05, 4.69) is 6.92 Å². The Hall–Kier alpha value is -1.10. The maximum Gasteiger partial charge on any atom is 0.410 e. The summed E-state index contributed by atoms with van der Waals surface area (Å²) in [5.74, 6) is 1.55. The van der Waals surface area contributed by atoms with Crippen molar-refractivity contribution in [2.45, 2.75) is 65.1 Å². The summed E-state index contributed by atoms with van der Waals surface area (Å²) in [6, 6.07) is 0. The van der Waals surface area contributed by atoms with Gasteiger partial charge in [-0.15, -0.1) is 0 Å². The number of hydrogen-bond acceptors (Lipinski definition) is 4. The second-order valence-electron chi connectivity index (χ2n) is 7.61. The highest BCUT2D eigenvalue weighted by Crippen LogP contribution is 2.38. The van der Waals surface area contributed by atoms with E-state index in [1.807, 2.05) is 20.8 Å². The summed E-state index contributed by atoms with van der Waals surface area (Å²) in [6.07, 6.45) is 3.23. The quantitative estimate of drug-likeness (QED) is 0.783. The highest BCUT2D eigenvalue weighted by atomic mass is 16.6. The fourth-order valence-electron chi connectivity index (χ4n) is 2.77. The predicted molar refractivity (Wildman–Crippen MR) is 83.7 cm³/mol. The average Bonchev–Trinajstić information content (AvgIpc) is 3.27. The molecule has 1 aliphatic heterocycles. The van der Waals surface area contributed by atoms with Gasteiger partial charge in [-0.3, -0.25) is 4.79 Å². The number of nitrogens with zero attached hydrogens (tertiary/aromatic N) is 1. The monoisotopic (exact) mass is 311 g/mol. The number of ketones is 1. The summed E-state index contributed by atoms with van der Waals surface area (Å²) in [5, 5.41) is 0. The fraction of sp³-hybridized carbons (Fsp3) is 0.882.